The minimum absolute atomic E-state index is 0.197. The van der Waals surface area contributed by atoms with Crippen LogP contribution in [0.2, 0.25) is 5.28 Å². The molecule has 5 rings (SSSR count). The molecule has 5 aromatic rings. The minimum Gasteiger partial charge on any atom is -0.506 e. The molecule has 1 heterocycles. The van der Waals surface area contributed by atoms with Crippen LogP contribution in [0.25, 0.3) is 10.8 Å². The third-order valence-corrected chi connectivity index (χ3v) is 10.2. The maximum Gasteiger partial charge on any atom is 0.297 e. The van der Waals surface area contributed by atoms with Crippen LogP contribution in [0.1, 0.15) is 0 Å². The van der Waals surface area contributed by atoms with Gasteiger partial charge in [0.05, 0.1) is 15.5 Å². The first-order chi connectivity index (χ1) is 23.5. The normalized spacial score (nSPS) is 12.7. The minimum atomic E-state index is -5.39. The number of phenols is 2. The molecular formula is C25H18ClN7O14S4. The zero-order chi connectivity index (χ0) is 37.7. The predicted octanol–water partition coefficient (Wildman–Crippen LogP) is 3.98. The molecule has 0 fully saturated rings. The van der Waals surface area contributed by atoms with Crippen LogP contribution in [0.3, 0.4) is 0 Å². The van der Waals surface area contributed by atoms with Gasteiger partial charge in [-0.15, -0.1) is 10.2 Å². The fourth-order valence-corrected chi connectivity index (χ4v) is 6.97. The van der Waals surface area contributed by atoms with E-state index in [0.717, 1.165) is 36.4 Å². The van der Waals surface area contributed by atoms with Crippen LogP contribution in [0.15, 0.2) is 90.5 Å². The van der Waals surface area contributed by atoms with Crippen molar-refractivity contribution in [3.63, 3.8) is 0 Å². The highest BCUT2D eigenvalue weighted by molar-refractivity contribution is 7.86. The van der Waals surface area contributed by atoms with Crippen molar-refractivity contribution >= 4 is 97.5 Å². The number of azo groups is 1. The second-order valence-electron chi connectivity index (χ2n) is 9.89. The van der Waals surface area contributed by atoms with Gasteiger partial charge >= 0.3 is 0 Å². The number of nitrogens with one attached hydrogen (secondary N) is 2. The second-order valence-corrected chi connectivity index (χ2v) is 15.8. The number of halogens is 1. The van der Waals surface area contributed by atoms with Crippen molar-refractivity contribution in [2.75, 3.05) is 10.6 Å². The molecule has 0 aliphatic heterocycles. The molecule has 0 spiro atoms. The number of benzene rings is 4. The molecule has 0 aliphatic carbocycles. The van der Waals surface area contributed by atoms with E-state index in [9.17, 15) is 57.5 Å². The van der Waals surface area contributed by atoms with Gasteiger partial charge in [0, 0.05) is 16.5 Å². The molecule has 268 valence electrons. The first-order valence-electron chi connectivity index (χ1n) is 13.1. The molecule has 51 heavy (non-hydrogen) atoms. The van der Waals surface area contributed by atoms with E-state index in [-0.39, 0.29) is 11.6 Å². The van der Waals surface area contributed by atoms with Gasteiger partial charge in [-0.3, -0.25) is 18.2 Å². The van der Waals surface area contributed by atoms with Gasteiger partial charge in [0.1, 0.15) is 26.9 Å². The van der Waals surface area contributed by atoms with Crippen molar-refractivity contribution in [2.24, 2.45) is 10.2 Å². The lowest BCUT2D eigenvalue weighted by atomic mass is 10.1. The maximum atomic E-state index is 12.7. The maximum absolute atomic E-state index is 12.7. The van der Waals surface area contributed by atoms with E-state index in [1.54, 1.807) is 0 Å². The Morgan fingerprint density at radius 1 is 0.608 bits per heavy atom. The van der Waals surface area contributed by atoms with Crippen LogP contribution in [0, 0.1) is 0 Å². The molecule has 0 atom stereocenters. The molecule has 0 radical (unpaired) electrons. The van der Waals surface area contributed by atoms with Crippen LogP contribution in [0.4, 0.5) is 34.6 Å². The second kappa shape index (κ2) is 13.2. The Bertz CT molecular complexity index is 2730. The Balaban J connectivity index is 1.62. The zero-order valence-electron chi connectivity index (χ0n) is 24.5. The monoisotopic (exact) mass is 803 g/mol. The Labute approximate surface area is 291 Å². The first kappa shape index (κ1) is 37.1. The summed E-state index contributed by atoms with van der Waals surface area (Å²) in [7, 11) is -20.0. The number of aromatic nitrogens is 3. The summed E-state index contributed by atoms with van der Waals surface area (Å²) in [5, 5.41) is 31.6. The van der Waals surface area contributed by atoms with Crippen molar-refractivity contribution in [3.8, 4) is 11.5 Å². The van der Waals surface area contributed by atoms with Gasteiger partial charge in [-0.2, -0.15) is 48.6 Å². The van der Waals surface area contributed by atoms with Gasteiger partial charge in [0.25, 0.3) is 40.5 Å². The van der Waals surface area contributed by atoms with Crippen molar-refractivity contribution in [3.05, 3.63) is 65.9 Å². The third kappa shape index (κ3) is 8.27. The molecule has 0 aliphatic rings. The van der Waals surface area contributed by atoms with E-state index in [0.29, 0.717) is 12.1 Å². The van der Waals surface area contributed by atoms with Crippen molar-refractivity contribution < 1.29 is 62.1 Å². The summed E-state index contributed by atoms with van der Waals surface area (Å²) in [6.07, 6.45) is 0. The lowest BCUT2D eigenvalue weighted by Crippen LogP contribution is -2.09. The highest BCUT2D eigenvalue weighted by Crippen LogP contribution is 2.45. The number of aromatic hydroxyl groups is 2. The number of phenolic OH excluding ortho intramolecular Hbond substituents is 2. The number of hydrogen-bond donors (Lipinski definition) is 8. The summed E-state index contributed by atoms with van der Waals surface area (Å²) in [5.41, 5.74) is -2.00. The van der Waals surface area contributed by atoms with E-state index < -0.39 is 111 Å². The lowest BCUT2D eigenvalue weighted by Gasteiger charge is -2.15. The van der Waals surface area contributed by atoms with E-state index in [1.165, 1.54) is 12.1 Å². The van der Waals surface area contributed by atoms with Gasteiger partial charge in [-0.1, -0.05) is 0 Å². The Hall–Kier alpha value is -5.12. The van der Waals surface area contributed by atoms with E-state index in [4.69, 9.17) is 16.2 Å². The van der Waals surface area contributed by atoms with Gasteiger partial charge in [0.2, 0.25) is 17.2 Å². The molecule has 8 N–H and O–H groups in total. The highest BCUT2D eigenvalue weighted by atomic mass is 35.5. The summed E-state index contributed by atoms with van der Waals surface area (Å²) in [4.78, 5) is 8.15. The molecule has 0 unspecified atom stereocenters. The average molecular weight is 804 g/mol. The van der Waals surface area contributed by atoms with Crippen molar-refractivity contribution in [2.45, 2.75) is 19.6 Å². The van der Waals surface area contributed by atoms with Crippen LogP contribution in [0.5, 0.6) is 11.5 Å². The Morgan fingerprint density at radius 2 is 1.20 bits per heavy atom. The van der Waals surface area contributed by atoms with Crippen molar-refractivity contribution in [1.82, 2.24) is 15.0 Å². The standard InChI is InChI=1S/C25H18ClN7O14S4/c26-23-29-24(27-11-1-3-12(4-2-11)48(36,37)38)31-25(30-23)28-16-7-6-14-15(22(16)51(45,46)47)10-19(50(42,43)44)20(21(14)35)33-32-17-9-13(49(39,40)41)5-8-18(17)34/h1-10,34-35H,(H,36,37,38)(H,39,40,41)(H,42,43,44)(H,45,46,47)(H2,27,28,29,30,31). The summed E-state index contributed by atoms with van der Waals surface area (Å²) in [6, 6.07) is 9.33. The van der Waals surface area contributed by atoms with Crippen LogP contribution < -0.4 is 10.6 Å². The number of anilines is 4. The van der Waals surface area contributed by atoms with E-state index >= 15 is 0 Å². The van der Waals surface area contributed by atoms with Crippen molar-refractivity contribution in [1.29, 1.82) is 0 Å². The Morgan fingerprint density at radius 3 is 1.76 bits per heavy atom. The molecule has 0 amide bonds. The summed E-state index contributed by atoms with van der Waals surface area (Å²) in [6.45, 7) is 0. The number of rotatable bonds is 10. The molecule has 0 saturated carbocycles. The topological polar surface area (TPSA) is 345 Å². The van der Waals surface area contributed by atoms with E-state index in [2.05, 4.69) is 35.8 Å². The zero-order valence-corrected chi connectivity index (χ0v) is 28.5. The fraction of sp³-hybridized carbons (Fsp3) is 0. The van der Waals surface area contributed by atoms with Crippen LogP contribution in [-0.4, -0.2) is 77.0 Å². The lowest BCUT2D eigenvalue weighted by molar-refractivity contribution is 0.470. The molecule has 0 bridgehead atoms. The quantitative estimate of drug-likeness (QED) is 0.0730. The summed E-state index contributed by atoms with van der Waals surface area (Å²) >= 11 is 5.99. The SMILES string of the molecule is O=S(=O)(O)c1ccc(Nc2nc(Cl)nc(Nc3ccc4c(O)c(N=Nc5cc(S(=O)(=O)O)ccc5O)c(S(=O)(=O)O)cc4c3S(=O)(=O)O)n2)cc1. The number of fused-ring (bicyclic) bond motifs is 1. The first-order valence-corrected chi connectivity index (χ1v) is 19.2. The van der Waals surface area contributed by atoms with Gasteiger partial charge < -0.3 is 20.8 Å². The molecule has 0 saturated heterocycles. The van der Waals surface area contributed by atoms with Gasteiger partial charge in [0.15, 0.2) is 5.75 Å². The summed E-state index contributed by atoms with van der Waals surface area (Å²) < 4.78 is 134. The highest BCUT2D eigenvalue weighted by Gasteiger charge is 2.28. The Kier molecular flexibility index (Phi) is 9.62. The molecule has 21 nitrogen and oxygen atoms in total. The molecule has 4 aromatic carbocycles. The molecule has 26 heteroatoms. The molecular weight excluding hydrogens is 786 g/mol. The fourth-order valence-electron chi connectivity index (χ4n) is 4.33. The van der Waals surface area contributed by atoms with Gasteiger partial charge in [-0.05, 0) is 72.3 Å². The summed E-state index contributed by atoms with van der Waals surface area (Å²) in [5.74, 6) is -2.58. The van der Waals surface area contributed by atoms with Crippen LogP contribution >= 0.6 is 11.6 Å². The number of nitrogens with zero attached hydrogens (tertiary/aromatic N) is 5. The van der Waals surface area contributed by atoms with Crippen LogP contribution in [-0.2, 0) is 40.5 Å². The smallest absolute Gasteiger partial charge is 0.297 e. The predicted molar refractivity (Wildman–Crippen MR) is 175 cm³/mol. The van der Waals surface area contributed by atoms with Gasteiger partial charge in [-0.25, -0.2) is 0 Å². The average Bonchev–Trinajstić information content (AvgIpc) is 2.99. The molecule has 1 aromatic heterocycles. The number of hydrogen-bond acceptors (Lipinski definition) is 17. The third-order valence-electron chi connectivity index (χ3n) is 6.49. The largest absolute Gasteiger partial charge is 0.506 e. The van der Waals surface area contributed by atoms with E-state index in [1.807, 2.05) is 0 Å².